The first-order valence-electron chi connectivity index (χ1n) is 5.34. The second kappa shape index (κ2) is 5.17. The van der Waals surface area contributed by atoms with Crippen molar-refractivity contribution in [2.75, 3.05) is 11.6 Å². The van der Waals surface area contributed by atoms with Crippen LogP contribution in [0, 0.1) is 11.3 Å². The molecule has 0 radical (unpaired) electrons. The molecule has 1 aromatic heterocycles. The van der Waals surface area contributed by atoms with E-state index in [0.29, 0.717) is 17.4 Å². The molecule has 0 amide bonds. The minimum Gasteiger partial charge on any atom is -0.365 e. The predicted octanol–water partition coefficient (Wildman–Crippen LogP) is 2.04. The number of nitriles is 1. The van der Waals surface area contributed by atoms with Crippen LogP contribution < -0.4 is 5.32 Å². The fourth-order valence-electron chi connectivity index (χ4n) is 2.01. The number of thioether (sulfide) groups is 1. The Labute approximate surface area is 99.5 Å². The van der Waals surface area contributed by atoms with Crippen molar-refractivity contribution >= 4 is 17.6 Å². The maximum Gasteiger partial charge on any atom is 0.166 e. The van der Waals surface area contributed by atoms with E-state index in [1.54, 1.807) is 12.3 Å². The van der Waals surface area contributed by atoms with Gasteiger partial charge in [0.05, 0.1) is 11.8 Å². The van der Waals surface area contributed by atoms with Crippen LogP contribution in [0.15, 0.2) is 12.3 Å². The average Bonchev–Trinajstić information content (AvgIpc) is 2.77. The SMILES string of the molecule is CSC1CCC(Nc2nnccc2C#N)C1. The summed E-state index contributed by atoms with van der Waals surface area (Å²) in [7, 11) is 0. The Balaban J connectivity index is 2.02. The molecule has 0 saturated heterocycles. The van der Waals surface area contributed by atoms with Crippen LogP contribution in [0.4, 0.5) is 5.82 Å². The first-order chi connectivity index (χ1) is 7.83. The van der Waals surface area contributed by atoms with E-state index in [1.165, 1.54) is 6.42 Å². The van der Waals surface area contributed by atoms with Crippen molar-refractivity contribution in [2.24, 2.45) is 0 Å². The Morgan fingerprint density at radius 1 is 1.56 bits per heavy atom. The van der Waals surface area contributed by atoms with Gasteiger partial charge >= 0.3 is 0 Å². The third-order valence-corrected chi connectivity index (χ3v) is 3.99. The molecule has 1 fully saturated rings. The zero-order valence-electron chi connectivity index (χ0n) is 9.18. The summed E-state index contributed by atoms with van der Waals surface area (Å²) in [6.45, 7) is 0. The van der Waals surface area contributed by atoms with Crippen LogP contribution in [-0.2, 0) is 0 Å². The minimum absolute atomic E-state index is 0.432. The van der Waals surface area contributed by atoms with Crippen LogP contribution in [0.25, 0.3) is 0 Å². The molecule has 0 spiro atoms. The van der Waals surface area contributed by atoms with Crippen molar-refractivity contribution in [3.8, 4) is 6.07 Å². The van der Waals surface area contributed by atoms with Gasteiger partial charge in [0, 0.05) is 11.3 Å². The van der Waals surface area contributed by atoms with Crippen LogP contribution in [0.5, 0.6) is 0 Å². The minimum atomic E-state index is 0.432. The lowest BCUT2D eigenvalue weighted by atomic mass is 10.2. The molecular weight excluding hydrogens is 220 g/mol. The van der Waals surface area contributed by atoms with Gasteiger partial charge in [-0.05, 0) is 31.6 Å². The van der Waals surface area contributed by atoms with Crippen LogP contribution in [0.2, 0.25) is 0 Å². The summed E-state index contributed by atoms with van der Waals surface area (Å²) in [6.07, 6.45) is 7.22. The molecule has 84 valence electrons. The Morgan fingerprint density at radius 2 is 2.44 bits per heavy atom. The number of nitrogens with one attached hydrogen (secondary N) is 1. The highest BCUT2D eigenvalue weighted by molar-refractivity contribution is 7.99. The molecule has 0 bridgehead atoms. The lowest BCUT2D eigenvalue weighted by Gasteiger charge is -2.13. The van der Waals surface area contributed by atoms with E-state index in [2.05, 4.69) is 27.8 Å². The monoisotopic (exact) mass is 234 g/mol. The summed E-state index contributed by atoms with van der Waals surface area (Å²) >= 11 is 1.92. The highest BCUT2D eigenvalue weighted by atomic mass is 32.2. The lowest BCUT2D eigenvalue weighted by Crippen LogP contribution is -2.18. The summed E-state index contributed by atoms with van der Waals surface area (Å²) in [5.41, 5.74) is 0.572. The number of hydrogen-bond donors (Lipinski definition) is 1. The van der Waals surface area contributed by atoms with Crippen LogP contribution in [0.1, 0.15) is 24.8 Å². The number of anilines is 1. The van der Waals surface area contributed by atoms with E-state index in [0.717, 1.165) is 18.1 Å². The van der Waals surface area contributed by atoms with Crippen molar-refractivity contribution < 1.29 is 0 Å². The van der Waals surface area contributed by atoms with E-state index in [4.69, 9.17) is 5.26 Å². The fraction of sp³-hybridized carbons (Fsp3) is 0.545. The Bertz CT molecular complexity index is 401. The predicted molar refractivity (Wildman–Crippen MR) is 65.3 cm³/mol. The summed E-state index contributed by atoms with van der Waals surface area (Å²) in [4.78, 5) is 0. The summed E-state index contributed by atoms with van der Waals surface area (Å²) in [6, 6.07) is 4.25. The third-order valence-electron chi connectivity index (χ3n) is 2.90. The van der Waals surface area contributed by atoms with Crippen molar-refractivity contribution in [2.45, 2.75) is 30.6 Å². The molecular formula is C11H14N4S. The second-order valence-corrected chi connectivity index (χ2v) is 5.06. The topological polar surface area (TPSA) is 61.6 Å². The fourth-order valence-corrected chi connectivity index (χ4v) is 2.80. The molecule has 1 aromatic rings. The van der Waals surface area contributed by atoms with Crippen molar-refractivity contribution in [1.82, 2.24) is 10.2 Å². The van der Waals surface area contributed by atoms with Gasteiger partial charge in [-0.1, -0.05) is 0 Å². The number of rotatable bonds is 3. The lowest BCUT2D eigenvalue weighted by molar-refractivity contribution is 0.747. The molecule has 0 aromatic carbocycles. The molecule has 2 unspecified atom stereocenters. The first kappa shape index (κ1) is 11.2. The molecule has 16 heavy (non-hydrogen) atoms. The highest BCUT2D eigenvalue weighted by Gasteiger charge is 2.24. The van der Waals surface area contributed by atoms with Crippen LogP contribution in [-0.4, -0.2) is 27.7 Å². The molecule has 1 heterocycles. The quantitative estimate of drug-likeness (QED) is 0.867. The Kier molecular flexibility index (Phi) is 3.62. The van der Waals surface area contributed by atoms with Gasteiger partial charge in [-0.3, -0.25) is 0 Å². The molecule has 4 nitrogen and oxygen atoms in total. The smallest absolute Gasteiger partial charge is 0.166 e. The maximum absolute atomic E-state index is 8.93. The summed E-state index contributed by atoms with van der Waals surface area (Å²) < 4.78 is 0. The second-order valence-electron chi connectivity index (χ2n) is 3.92. The normalized spacial score (nSPS) is 24.0. The third kappa shape index (κ3) is 2.45. The van der Waals surface area contributed by atoms with E-state index >= 15 is 0 Å². The molecule has 0 aliphatic heterocycles. The molecule has 1 aliphatic rings. The molecule has 2 rings (SSSR count). The maximum atomic E-state index is 8.93. The van der Waals surface area contributed by atoms with E-state index in [-0.39, 0.29) is 0 Å². The average molecular weight is 234 g/mol. The zero-order valence-corrected chi connectivity index (χ0v) is 10.00. The van der Waals surface area contributed by atoms with Gasteiger partial charge in [0.1, 0.15) is 6.07 Å². The highest BCUT2D eigenvalue weighted by Crippen LogP contribution is 2.30. The largest absolute Gasteiger partial charge is 0.365 e. The van der Waals surface area contributed by atoms with Gasteiger partial charge in [0.25, 0.3) is 0 Å². The molecule has 2 atom stereocenters. The van der Waals surface area contributed by atoms with Crippen molar-refractivity contribution in [3.05, 3.63) is 17.8 Å². The first-order valence-corrected chi connectivity index (χ1v) is 6.63. The number of nitrogens with zero attached hydrogens (tertiary/aromatic N) is 3. The van der Waals surface area contributed by atoms with Gasteiger partial charge in [0.2, 0.25) is 0 Å². The molecule has 1 saturated carbocycles. The Morgan fingerprint density at radius 3 is 3.12 bits per heavy atom. The van der Waals surface area contributed by atoms with Gasteiger partial charge in [-0.2, -0.15) is 22.1 Å². The van der Waals surface area contributed by atoms with Crippen LogP contribution >= 0.6 is 11.8 Å². The molecule has 5 heteroatoms. The van der Waals surface area contributed by atoms with E-state index < -0.39 is 0 Å². The Hall–Kier alpha value is -1.28. The molecule has 1 N–H and O–H groups in total. The van der Waals surface area contributed by atoms with E-state index in [1.807, 2.05) is 11.8 Å². The zero-order chi connectivity index (χ0) is 11.4. The van der Waals surface area contributed by atoms with Crippen molar-refractivity contribution in [1.29, 1.82) is 5.26 Å². The molecule has 1 aliphatic carbocycles. The van der Waals surface area contributed by atoms with Gasteiger partial charge in [0.15, 0.2) is 5.82 Å². The van der Waals surface area contributed by atoms with Gasteiger partial charge in [-0.25, -0.2) is 0 Å². The standard InChI is InChI=1S/C11H14N4S/c1-16-10-3-2-9(6-10)14-11-8(7-12)4-5-13-15-11/h4-5,9-10H,2-3,6H2,1H3,(H,14,15). The van der Waals surface area contributed by atoms with Crippen LogP contribution in [0.3, 0.4) is 0 Å². The van der Waals surface area contributed by atoms with Crippen molar-refractivity contribution in [3.63, 3.8) is 0 Å². The summed E-state index contributed by atoms with van der Waals surface area (Å²) in [5.74, 6) is 0.622. The van der Waals surface area contributed by atoms with E-state index in [9.17, 15) is 0 Å². The summed E-state index contributed by atoms with van der Waals surface area (Å²) in [5, 5.41) is 20.8. The number of hydrogen-bond acceptors (Lipinski definition) is 5. The van der Waals surface area contributed by atoms with Gasteiger partial charge in [-0.15, -0.1) is 5.10 Å². The number of aromatic nitrogens is 2. The van der Waals surface area contributed by atoms with Gasteiger partial charge < -0.3 is 5.32 Å².